The van der Waals surface area contributed by atoms with Crippen LogP contribution in [0.4, 0.5) is 0 Å². The molecule has 1 saturated heterocycles. The molecule has 108 valence electrons. The maximum Gasteiger partial charge on any atom is 0.223 e. The molecule has 1 heterocycles. The number of sulfonamides is 1. The first kappa shape index (κ1) is 13.4. The molecule has 3 aliphatic rings. The minimum atomic E-state index is -3.08. The maximum absolute atomic E-state index is 12.3. The predicted octanol–water partition coefficient (Wildman–Crippen LogP) is 0.717. The van der Waals surface area contributed by atoms with Crippen molar-refractivity contribution >= 4 is 15.9 Å². The van der Waals surface area contributed by atoms with Gasteiger partial charge in [-0.1, -0.05) is 6.42 Å². The van der Waals surface area contributed by atoms with E-state index in [1.807, 2.05) is 0 Å². The topological polar surface area (TPSA) is 66.5 Å². The molecule has 0 aromatic carbocycles. The molecule has 0 aromatic rings. The molecule has 19 heavy (non-hydrogen) atoms. The first-order chi connectivity index (χ1) is 8.99. The number of amides is 1. The number of nitrogens with zero attached hydrogens (tertiary/aromatic N) is 1. The third kappa shape index (κ3) is 2.09. The second-order valence-electron chi connectivity index (χ2n) is 6.25. The Balaban J connectivity index is 1.78. The number of nitrogens with one attached hydrogen (secondary N) is 1. The van der Waals surface area contributed by atoms with Gasteiger partial charge in [-0.2, -0.15) is 0 Å². The summed E-state index contributed by atoms with van der Waals surface area (Å²) >= 11 is 0. The monoisotopic (exact) mass is 286 g/mol. The van der Waals surface area contributed by atoms with Crippen molar-refractivity contribution in [2.75, 3.05) is 20.1 Å². The fraction of sp³-hybridized carbons (Fsp3) is 0.923. The van der Waals surface area contributed by atoms with Gasteiger partial charge in [0.1, 0.15) is 0 Å². The fourth-order valence-corrected chi connectivity index (χ4v) is 5.80. The highest BCUT2D eigenvalue weighted by Crippen LogP contribution is 2.51. The molecular weight excluding hydrogens is 264 g/mol. The first-order valence-electron chi connectivity index (χ1n) is 7.20. The molecule has 2 saturated carbocycles. The van der Waals surface area contributed by atoms with Crippen LogP contribution in [-0.4, -0.2) is 44.0 Å². The van der Waals surface area contributed by atoms with Crippen LogP contribution in [0.3, 0.4) is 0 Å². The molecule has 1 aliphatic heterocycles. The molecular formula is C13H22N2O3S. The van der Waals surface area contributed by atoms with E-state index in [2.05, 4.69) is 5.32 Å². The van der Waals surface area contributed by atoms with Crippen molar-refractivity contribution in [3.8, 4) is 0 Å². The summed E-state index contributed by atoms with van der Waals surface area (Å²) in [4.78, 5) is 12.0. The zero-order chi connectivity index (χ0) is 13.7. The van der Waals surface area contributed by atoms with Crippen molar-refractivity contribution in [1.82, 2.24) is 9.62 Å². The van der Waals surface area contributed by atoms with Crippen molar-refractivity contribution < 1.29 is 13.2 Å². The Labute approximate surface area is 114 Å². The molecule has 0 bridgehead atoms. The molecule has 2 atom stereocenters. The average molecular weight is 286 g/mol. The van der Waals surface area contributed by atoms with E-state index in [1.165, 1.54) is 0 Å². The minimum absolute atomic E-state index is 0.00287. The van der Waals surface area contributed by atoms with Gasteiger partial charge in [0.15, 0.2) is 0 Å². The third-order valence-electron chi connectivity index (χ3n) is 5.13. The lowest BCUT2D eigenvalue weighted by Crippen LogP contribution is -2.40. The lowest BCUT2D eigenvalue weighted by atomic mass is 9.76. The van der Waals surface area contributed by atoms with E-state index in [-0.39, 0.29) is 22.5 Å². The number of carbonyl (C=O) groups excluding carboxylic acids is 1. The molecule has 0 aromatic heterocycles. The lowest BCUT2D eigenvalue weighted by Gasteiger charge is -2.30. The van der Waals surface area contributed by atoms with Gasteiger partial charge in [0.05, 0.1) is 5.25 Å². The Bertz CT molecular complexity index is 486. The van der Waals surface area contributed by atoms with Crippen molar-refractivity contribution in [1.29, 1.82) is 0 Å². The van der Waals surface area contributed by atoms with E-state index in [0.29, 0.717) is 13.1 Å². The van der Waals surface area contributed by atoms with Gasteiger partial charge in [0, 0.05) is 26.1 Å². The Morgan fingerprint density at radius 1 is 1.26 bits per heavy atom. The standard InChI is InChI=1S/C13H22N2O3S/c1-14-12(16)11-3-2-6-13(11)7-8-15(9-13)19(17,18)10-4-5-10/h10-11H,2-9H2,1H3,(H,14,16)/t11-,13+/m0/s1. The Morgan fingerprint density at radius 3 is 2.63 bits per heavy atom. The van der Waals surface area contributed by atoms with Crippen LogP contribution in [-0.2, 0) is 14.8 Å². The lowest BCUT2D eigenvalue weighted by molar-refractivity contribution is -0.127. The van der Waals surface area contributed by atoms with Crippen LogP contribution < -0.4 is 5.32 Å². The Morgan fingerprint density at radius 2 is 2.00 bits per heavy atom. The molecule has 3 fully saturated rings. The highest BCUT2D eigenvalue weighted by Gasteiger charge is 2.54. The zero-order valence-electron chi connectivity index (χ0n) is 11.4. The van der Waals surface area contributed by atoms with Crippen molar-refractivity contribution in [3.05, 3.63) is 0 Å². The van der Waals surface area contributed by atoms with Gasteiger partial charge in [0.2, 0.25) is 15.9 Å². The van der Waals surface area contributed by atoms with Gasteiger partial charge in [-0.25, -0.2) is 12.7 Å². The van der Waals surface area contributed by atoms with Gasteiger partial charge in [0.25, 0.3) is 0 Å². The van der Waals surface area contributed by atoms with Gasteiger partial charge in [-0.3, -0.25) is 4.79 Å². The predicted molar refractivity (Wildman–Crippen MR) is 72.0 cm³/mol. The highest BCUT2D eigenvalue weighted by atomic mass is 32.2. The van der Waals surface area contributed by atoms with Crippen LogP contribution in [0.2, 0.25) is 0 Å². The maximum atomic E-state index is 12.3. The fourth-order valence-electron chi connectivity index (χ4n) is 3.86. The Kier molecular flexibility index (Phi) is 3.13. The van der Waals surface area contributed by atoms with Crippen LogP contribution >= 0.6 is 0 Å². The van der Waals surface area contributed by atoms with E-state index in [0.717, 1.165) is 38.5 Å². The summed E-state index contributed by atoms with van der Waals surface area (Å²) < 4.78 is 26.3. The number of rotatable bonds is 3. The number of hydrogen-bond acceptors (Lipinski definition) is 3. The van der Waals surface area contributed by atoms with Gasteiger partial charge in [-0.15, -0.1) is 0 Å². The SMILES string of the molecule is CNC(=O)[C@@H]1CCC[C@]12CCN(S(=O)(=O)C1CC1)C2. The molecule has 0 unspecified atom stereocenters. The summed E-state index contributed by atoms with van der Waals surface area (Å²) in [5, 5.41) is 2.60. The van der Waals surface area contributed by atoms with E-state index in [1.54, 1.807) is 11.4 Å². The second kappa shape index (κ2) is 4.45. The van der Waals surface area contributed by atoms with Crippen LogP contribution in [0.5, 0.6) is 0 Å². The van der Waals surface area contributed by atoms with Gasteiger partial charge >= 0.3 is 0 Å². The molecule has 1 N–H and O–H groups in total. The van der Waals surface area contributed by atoms with E-state index in [9.17, 15) is 13.2 Å². The van der Waals surface area contributed by atoms with E-state index < -0.39 is 10.0 Å². The second-order valence-corrected chi connectivity index (χ2v) is 8.46. The highest BCUT2D eigenvalue weighted by molar-refractivity contribution is 7.90. The summed E-state index contributed by atoms with van der Waals surface area (Å²) in [6.07, 6.45) is 5.39. The van der Waals surface area contributed by atoms with Gasteiger partial charge in [-0.05, 0) is 37.5 Å². The molecule has 2 aliphatic carbocycles. The molecule has 1 amide bonds. The first-order valence-corrected chi connectivity index (χ1v) is 8.70. The van der Waals surface area contributed by atoms with E-state index >= 15 is 0 Å². The van der Waals surface area contributed by atoms with Crippen molar-refractivity contribution in [2.24, 2.45) is 11.3 Å². The summed E-state index contributed by atoms with van der Waals surface area (Å²) in [5.74, 6) is 0.0834. The molecule has 5 nitrogen and oxygen atoms in total. The average Bonchev–Trinajstić information content (AvgIpc) is 3.06. The largest absolute Gasteiger partial charge is 0.359 e. The van der Waals surface area contributed by atoms with E-state index in [4.69, 9.17) is 0 Å². The molecule has 3 rings (SSSR count). The van der Waals surface area contributed by atoms with Crippen molar-refractivity contribution in [2.45, 2.75) is 43.8 Å². The van der Waals surface area contributed by atoms with Crippen LogP contribution in [0.25, 0.3) is 0 Å². The van der Waals surface area contributed by atoms with Gasteiger partial charge < -0.3 is 5.32 Å². The van der Waals surface area contributed by atoms with Crippen molar-refractivity contribution in [3.63, 3.8) is 0 Å². The zero-order valence-corrected chi connectivity index (χ0v) is 12.2. The van der Waals surface area contributed by atoms with Crippen LogP contribution in [0.15, 0.2) is 0 Å². The van der Waals surface area contributed by atoms with Crippen LogP contribution in [0, 0.1) is 11.3 Å². The minimum Gasteiger partial charge on any atom is -0.359 e. The summed E-state index contributed by atoms with van der Waals surface area (Å²) in [6.45, 7) is 1.16. The van der Waals surface area contributed by atoms with Crippen LogP contribution in [0.1, 0.15) is 38.5 Å². The summed E-state index contributed by atoms with van der Waals surface area (Å²) in [7, 11) is -1.41. The Hall–Kier alpha value is -0.620. The molecule has 0 radical (unpaired) electrons. The summed E-state index contributed by atoms with van der Waals surface area (Å²) in [6, 6.07) is 0. The quantitative estimate of drug-likeness (QED) is 0.831. The normalized spacial score (nSPS) is 35.9. The third-order valence-corrected chi connectivity index (χ3v) is 7.47. The number of carbonyl (C=O) groups is 1. The summed E-state index contributed by atoms with van der Waals surface area (Å²) in [5.41, 5.74) is -0.0952. The molecule has 1 spiro atoms. The molecule has 6 heteroatoms. The smallest absolute Gasteiger partial charge is 0.223 e. The number of hydrogen-bond donors (Lipinski definition) is 1.